The van der Waals surface area contributed by atoms with Gasteiger partial charge in [-0.15, -0.1) is 0 Å². The number of fused-ring (bicyclic) bond motifs is 2. The monoisotopic (exact) mass is 472 g/mol. The first-order valence-electron chi connectivity index (χ1n) is 11.8. The van der Waals surface area contributed by atoms with Crippen LogP contribution >= 0.6 is 0 Å². The molecule has 9 nitrogen and oxygen atoms in total. The zero-order valence-corrected chi connectivity index (χ0v) is 19.7. The molecule has 4 heterocycles. The summed E-state index contributed by atoms with van der Waals surface area (Å²) in [6, 6.07) is 14.9. The molecule has 2 N–H and O–H groups in total. The Hall–Kier alpha value is -3.82. The average molecular weight is 473 g/mol. The number of hydrogen-bond acceptors (Lipinski definition) is 6. The van der Waals surface area contributed by atoms with E-state index < -0.39 is 0 Å². The molecule has 1 aliphatic heterocycles. The predicted molar refractivity (Wildman–Crippen MR) is 133 cm³/mol. The fourth-order valence-corrected chi connectivity index (χ4v) is 4.44. The number of nitrogens with zero attached hydrogens (tertiary/aromatic N) is 4. The molecule has 4 aromatic rings. The fraction of sp³-hybridized carbons (Fsp3) is 0.308. The normalized spacial score (nSPS) is 14.4. The minimum absolute atomic E-state index is 0.0232. The van der Waals surface area contributed by atoms with Crippen molar-refractivity contribution < 1.29 is 9.53 Å². The van der Waals surface area contributed by atoms with Crippen LogP contribution in [0.1, 0.15) is 21.5 Å². The molecule has 1 amide bonds. The summed E-state index contributed by atoms with van der Waals surface area (Å²) in [7, 11) is 0. The maximum Gasteiger partial charge on any atom is 0.267 e. The maximum absolute atomic E-state index is 13.4. The average Bonchev–Trinajstić information content (AvgIpc) is 2.88. The molecule has 3 aromatic heterocycles. The Morgan fingerprint density at radius 1 is 1.11 bits per heavy atom. The van der Waals surface area contributed by atoms with Crippen molar-refractivity contribution in [1.82, 2.24) is 24.2 Å². The molecule has 1 aromatic carbocycles. The third-order valence-corrected chi connectivity index (χ3v) is 6.38. The molecule has 1 fully saturated rings. The number of aryl methyl sites for hydroxylation is 1. The van der Waals surface area contributed by atoms with Gasteiger partial charge in [0.1, 0.15) is 16.8 Å². The van der Waals surface area contributed by atoms with E-state index in [0.717, 1.165) is 24.2 Å². The molecule has 0 atom stereocenters. The van der Waals surface area contributed by atoms with Crippen LogP contribution in [0.15, 0.2) is 59.5 Å². The van der Waals surface area contributed by atoms with E-state index in [2.05, 4.69) is 10.2 Å². The summed E-state index contributed by atoms with van der Waals surface area (Å²) in [5.41, 5.74) is 2.64. The third-order valence-electron chi connectivity index (χ3n) is 6.38. The minimum atomic E-state index is -0.374. The van der Waals surface area contributed by atoms with Crippen molar-refractivity contribution in [3.8, 4) is 0 Å². The van der Waals surface area contributed by atoms with Crippen molar-refractivity contribution in [3.63, 3.8) is 0 Å². The number of carbonyl (C=O) groups is 1. The van der Waals surface area contributed by atoms with Crippen molar-refractivity contribution in [3.05, 3.63) is 87.3 Å². The number of nitrogens with one attached hydrogen (secondary N) is 2. The van der Waals surface area contributed by atoms with E-state index in [1.807, 2.05) is 43.3 Å². The Morgan fingerprint density at radius 2 is 1.89 bits per heavy atom. The summed E-state index contributed by atoms with van der Waals surface area (Å²) in [5.74, 6) is -0.374. The third kappa shape index (κ3) is 4.60. The van der Waals surface area contributed by atoms with Crippen molar-refractivity contribution in [1.29, 1.82) is 5.41 Å². The number of ether oxygens (including phenoxy) is 1. The Kier molecular flexibility index (Phi) is 6.43. The Bertz CT molecular complexity index is 1500. The molecule has 0 radical (unpaired) electrons. The van der Waals surface area contributed by atoms with Gasteiger partial charge in [-0.3, -0.25) is 24.3 Å². The number of aromatic nitrogens is 3. The van der Waals surface area contributed by atoms with Crippen LogP contribution in [0.3, 0.4) is 0 Å². The Morgan fingerprint density at radius 3 is 2.66 bits per heavy atom. The van der Waals surface area contributed by atoms with Crippen LogP contribution in [-0.2, 0) is 11.3 Å². The van der Waals surface area contributed by atoms with E-state index in [1.54, 1.807) is 16.8 Å². The van der Waals surface area contributed by atoms with Crippen LogP contribution in [0.25, 0.3) is 16.7 Å². The van der Waals surface area contributed by atoms with Gasteiger partial charge in [0, 0.05) is 32.4 Å². The standard InChI is InChI=1S/C26H28N6O3/c1-18-6-5-10-31-23(18)29-24-21(26(31)34)16-20(22(27)32(24)17-19-7-3-2-4-8-19)25(33)28-9-11-30-12-14-35-15-13-30/h2-8,10,16,27H,9,11-15,17H2,1H3,(H,28,33). The van der Waals surface area contributed by atoms with E-state index in [0.29, 0.717) is 49.5 Å². The lowest BCUT2D eigenvalue weighted by atomic mass is 10.1. The van der Waals surface area contributed by atoms with Gasteiger partial charge in [-0.1, -0.05) is 36.4 Å². The number of benzene rings is 1. The van der Waals surface area contributed by atoms with Gasteiger partial charge in [-0.25, -0.2) is 4.98 Å². The second-order valence-corrected chi connectivity index (χ2v) is 8.73. The van der Waals surface area contributed by atoms with Crippen LogP contribution < -0.4 is 16.4 Å². The van der Waals surface area contributed by atoms with Crippen molar-refractivity contribution in [2.45, 2.75) is 13.5 Å². The van der Waals surface area contributed by atoms with Crippen LogP contribution in [0, 0.1) is 12.3 Å². The summed E-state index contributed by atoms with van der Waals surface area (Å²) in [6.07, 6.45) is 1.68. The predicted octanol–water partition coefficient (Wildman–Crippen LogP) is 1.55. The molecule has 0 spiro atoms. The van der Waals surface area contributed by atoms with Crippen molar-refractivity contribution >= 4 is 22.6 Å². The number of hydrogen-bond donors (Lipinski definition) is 2. The second-order valence-electron chi connectivity index (χ2n) is 8.73. The molecule has 35 heavy (non-hydrogen) atoms. The van der Waals surface area contributed by atoms with Gasteiger partial charge in [0.25, 0.3) is 11.5 Å². The summed E-state index contributed by atoms with van der Waals surface area (Å²) >= 11 is 0. The van der Waals surface area contributed by atoms with Crippen LogP contribution in [-0.4, -0.2) is 64.2 Å². The van der Waals surface area contributed by atoms with Crippen LogP contribution in [0.2, 0.25) is 0 Å². The first kappa shape index (κ1) is 22.9. The highest BCUT2D eigenvalue weighted by Gasteiger charge is 2.19. The zero-order valence-electron chi connectivity index (χ0n) is 19.7. The molecule has 0 aliphatic carbocycles. The topological polar surface area (TPSA) is 105 Å². The molecule has 9 heteroatoms. The van der Waals surface area contributed by atoms with Gasteiger partial charge in [0.15, 0.2) is 0 Å². The first-order chi connectivity index (χ1) is 17.0. The molecule has 0 bridgehead atoms. The first-order valence-corrected chi connectivity index (χ1v) is 11.8. The van der Waals surface area contributed by atoms with Crippen molar-refractivity contribution in [2.75, 3.05) is 39.4 Å². The highest BCUT2D eigenvalue weighted by molar-refractivity contribution is 5.96. The second kappa shape index (κ2) is 9.81. The molecular weight excluding hydrogens is 444 g/mol. The number of amides is 1. The molecule has 180 valence electrons. The molecule has 5 rings (SSSR count). The SMILES string of the molecule is Cc1cccn2c(=O)c3cc(C(=O)NCCN4CCOCC4)c(=N)n(Cc4ccccc4)c3nc12. The van der Waals surface area contributed by atoms with Gasteiger partial charge in [-0.2, -0.15) is 0 Å². The van der Waals surface area contributed by atoms with Crippen molar-refractivity contribution in [2.24, 2.45) is 0 Å². The quantitative estimate of drug-likeness (QED) is 0.415. The smallest absolute Gasteiger partial charge is 0.267 e. The highest BCUT2D eigenvalue weighted by Crippen LogP contribution is 2.14. The molecule has 1 aliphatic rings. The number of pyridine rings is 2. The van der Waals surface area contributed by atoms with Crippen LogP contribution in [0.4, 0.5) is 0 Å². The molecule has 1 saturated heterocycles. The summed E-state index contributed by atoms with van der Waals surface area (Å²) in [5, 5.41) is 12.1. The van der Waals surface area contributed by atoms with Crippen LogP contribution in [0.5, 0.6) is 0 Å². The Labute approximate surface area is 202 Å². The summed E-state index contributed by atoms with van der Waals surface area (Å²) in [4.78, 5) is 33.6. The van der Waals surface area contributed by atoms with E-state index in [-0.39, 0.29) is 22.5 Å². The number of rotatable bonds is 6. The molecule has 0 saturated carbocycles. The number of carbonyl (C=O) groups excluding carboxylic acids is 1. The lowest BCUT2D eigenvalue weighted by Gasteiger charge is -2.26. The lowest BCUT2D eigenvalue weighted by molar-refractivity contribution is 0.0383. The van der Waals surface area contributed by atoms with E-state index in [4.69, 9.17) is 15.1 Å². The van der Waals surface area contributed by atoms with Gasteiger partial charge in [-0.05, 0) is 30.2 Å². The highest BCUT2D eigenvalue weighted by atomic mass is 16.5. The minimum Gasteiger partial charge on any atom is -0.379 e. The molecule has 0 unspecified atom stereocenters. The van der Waals surface area contributed by atoms with E-state index in [1.165, 1.54) is 10.5 Å². The summed E-state index contributed by atoms with van der Waals surface area (Å²) in [6.45, 7) is 6.42. The zero-order chi connectivity index (χ0) is 24.4. The fourth-order valence-electron chi connectivity index (χ4n) is 4.44. The summed E-state index contributed by atoms with van der Waals surface area (Å²) < 4.78 is 8.51. The van der Waals surface area contributed by atoms with Gasteiger partial charge in [0.2, 0.25) is 0 Å². The largest absolute Gasteiger partial charge is 0.379 e. The van der Waals surface area contributed by atoms with Gasteiger partial charge < -0.3 is 14.6 Å². The molecular formula is C26H28N6O3. The lowest BCUT2D eigenvalue weighted by Crippen LogP contribution is -2.42. The Balaban J connectivity index is 1.58. The van der Waals surface area contributed by atoms with E-state index in [9.17, 15) is 9.59 Å². The van der Waals surface area contributed by atoms with E-state index >= 15 is 0 Å². The van der Waals surface area contributed by atoms with Gasteiger partial charge in [0.05, 0.1) is 30.7 Å². The van der Waals surface area contributed by atoms with Gasteiger partial charge >= 0.3 is 0 Å². The maximum atomic E-state index is 13.4. The number of morpholine rings is 1.